The Morgan fingerprint density at radius 2 is 1.63 bits per heavy atom. The van der Waals surface area contributed by atoms with Gasteiger partial charge >= 0.3 is 6.18 Å². The fourth-order valence-electron chi connectivity index (χ4n) is 1.98. The van der Waals surface area contributed by atoms with Crippen LogP contribution >= 0.6 is 62.3 Å². The van der Waals surface area contributed by atoms with Crippen LogP contribution in [0.15, 0.2) is 46.9 Å². The highest BCUT2D eigenvalue weighted by Gasteiger charge is 2.36. The summed E-state index contributed by atoms with van der Waals surface area (Å²) in [4.78, 5) is 12.4. The van der Waals surface area contributed by atoms with Crippen molar-refractivity contribution in [2.24, 2.45) is 0 Å². The Labute approximate surface area is 181 Å². The number of hydrogen-bond donors (Lipinski definition) is 2. The zero-order chi connectivity index (χ0) is 20.4. The lowest BCUT2D eigenvalue weighted by atomic mass is 10.2. The van der Waals surface area contributed by atoms with E-state index in [2.05, 4.69) is 26.6 Å². The minimum atomic E-state index is -4.59. The Hall–Kier alpha value is -0.860. The standard InChI is InChI=1S/C16H10BrCl4F3N2O/c17-10-4-1-8(2-5-10)13(27)26-14(15(19,20)21)25-12-7-9(16(22,23)24)3-6-11(12)18/h1-7,14,25H,(H,26,27)/t14-/m0/s1. The van der Waals surface area contributed by atoms with Crippen molar-refractivity contribution in [2.45, 2.75) is 16.1 Å². The minimum Gasteiger partial charge on any atom is -0.361 e. The molecule has 0 saturated heterocycles. The number of nitrogens with one attached hydrogen (secondary N) is 2. The highest BCUT2D eigenvalue weighted by atomic mass is 79.9. The van der Waals surface area contributed by atoms with Crippen molar-refractivity contribution in [3.63, 3.8) is 0 Å². The van der Waals surface area contributed by atoms with Gasteiger partial charge in [-0.2, -0.15) is 13.2 Å². The van der Waals surface area contributed by atoms with E-state index < -0.39 is 27.6 Å². The molecule has 1 atom stereocenters. The fraction of sp³-hybridized carbons (Fsp3) is 0.188. The van der Waals surface area contributed by atoms with Crippen molar-refractivity contribution in [1.82, 2.24) is 5.32 Å². The number of amides is 1. The van der Waals surface area contributed by atoms with Crippen molar-refractivity contribution in [1.29, 1.82) is 0 Å². The van der Waals surface area contributed by atoms with E-state index in [1.165, 1.54) is 12.1 Å². The maximum absolute atomic E-state index is 12.9. The van der Waals surface area contributed by atoms with E-state index in [0.29, 0.717) is 0 Å². The molecule has 0 spiro atoms. The third kappa shape index (κ3) is 6.32. The number of carbonyl (C=O) groups excluding carboxylic acids is 1. The molecule has 0 saturated carbocycles. The summed E-state index contributed by atoms with van der Waals surface area (Å²) in [5, 5.41) is 4.93. The molecule has 1 amide bonds. The van der Waals surface area contributed by atoms with Gasteiger partial charge in [-0.05, 0) is 42.5 Å². The van der Waals surface area contributed by atoms with Crippen LogP contribution in [0.1, 0.15) is 15.9 Å². The van der Waals surface area contributed by atoms with Crippen LogP contribution in [0, 0.1) is 0 Å². The van der Waals surface area contributed by atoms with Gasteiger partial charge in [-0.15, -0.1) is 0 Å². The summed E-state index contributed by atoms with van der Waals surface area (Å²) in [7, 11) is 0. The summed E-state index contributed by atoms with van der Waals surface area (Å²) in [5.74, 6) is -0.602. The van der Waals surface area contributed by atoms with Crippen LogP contribution in [0.2, 0.25) is 5.02 Å². The molecule has 0 unspecified atom stereocenters. The van der Waals surface area contributed by atoms with Crippen LogP contribution in [0.4, 0.5) is 18.9 Å². The van der Waals surface area contributed by atoms with Gasteiger partial charge in [0.05, 0.1) is 16.3 Å². The number of alkyl halides is 6. The first kappa shape index (κ1) is 22.4. The van der Waals surface area contributed by atoms with Crippen LogP contribution in [-0.4, -0.2) is 15.9 Å². The molecule has 2 N–H and O–H groups in total. The second-order valence-electron chi connectivity index (χ2n) is 5.29. The summed E-state index contributed by atoms with van der Waals surface area (Å²) in [6.07, 6.45) is -5.95. The highest BCUT2D eigenvalue weighted by Crippen LogP contribution is 2.36. The van der Waals surface area contributed by atoms with Crippen molar-refractivity contribution in [2.75, 3.05) is 5.32 Å². The molecule has 0 aliphatic rings. The zero-order valence-corrected chi connectivity index (χ0v) is 17.7. The first-order chi connectivity index (χ1) is 12.4. The van der Waals surface area contributed by atoms with Gasteiger partial charge in [0.2, 0.25) is 3.79 Å². The lowest BCUT2D eigenvalue weighted by Crippen LogP contribution is -2.49. The van der Waals surface area contributed by atoms with Gasteiger partial charge in [0.15, 0.2) is 0 Å². The van der Waals surface area contributed by atoms with Gasteiger partial charge in [-0.25, -0.2) is 0 Å². The minimum absolute atomic E-state index is 0.0415. The lowest BCUT2D eigenvalue weighted by molar-refractivity contribution is -0.137. The first-order valence-corrected chi connectivity index (χ1v) is 9.45. The van der Waals surface area contributed by atoms with E-state index in [9.17, 15) is 18.0 Å². The molecule has 11 heteroatoms. The molecule has 0 aliphatic carbocycles. The van der Waals surface area contributed by atoms with Crippen molar-refractivity contribution >= 4 is 73.9 Å². The summed E-state index contributed by atoms with van der Waals surface area (Å²) in [6.45, 7) is 0. The molecular weight excluding hydrogens is 515 g/mol. The summed E-state index contributed by atoms with van der Waals surface area (Å²) >= 11 is 26.8. The molecule has 3 nitrogen and oxygen atoms in total. The van der Waals surface area contributed by atoms with E-state index in [4.69, 9.17) is 46.4 Å². The van der Waals surface area contributed by atoms with Gasteiger partial charge < -0.3 is 10.6 Å². The fourth-order valence-corrected chi connectivity index (χ4v) is 2.75. The van der Waals surface area contributed by atoms with Crippen LogP contribution < -0.4 is 10.6 Å². The predicted molar refractivity (Wildman–Crippen MR) is 106 cm³/mol. The predicted octanol–water partition coefficient (Wildman–Crippen LogP) is 6.66. The highest BCUT2D eigenvalue weighted by molar-refractivity contribution is 9.10. The van der Waals surface area contributed by atoms with Crippen molar-refractivity contribution in [3.05, 3.63) is 63.1 Å². The van der Waals surface area contributed by atoms with Crippen LogP contribution in [0.3, 0.4) is 0 Å². The second-order valence-corrected chi connectivity index (χ2v) is 8.98. The number of hydrogen-bond acceptors (Lipinski definition) is 2. The molecule has 27 heavy (non-hydrogen) atoms. The van der Waals surface area contributed by atoms with Crippen LogP contribution in [0.5, 0.6) is 0 Å². The molecular formula is C16H10BrCl4F3N2O. The summed E-state index contributed by atoms with van der Waals surface area (Å²) in [5.41, 5.74) is -0.843. The number of halogens is 8. The quantitative estimate of drug-likeness (QED) is 0.347. The largest absolute Gasteiger partial charge is 0.416 e. The molecule has 0 fully saturated rings. The molecule has 0 heterocycles. The summed E-state index contributed by atoms with van der Waals surface area (Å²) < 4.78 is 37.4. The molecule has 2 rings (SSSR count). The van der Waals surface area contributed by atoms with Crippen LogP contribution in [0.25, 0.3) is 0 Å². The maximum atomic E-state index is 12.9. The summed E-state index contributed by atoms with van der Waals surface area (Å²) in [6, 6.07) is 8.94. The number of carbonyl (C=O) groups is 1. The molecule has 0 aliphatic heterocycles. The first-order valence-electron chi connectivity index (χ1n) is 7.14. The second kappa shape index (κ2) is 8.66. The molecule has 0 aromatic heterocycles. The van der Waals surface area contributed by atoms with E-state index >= 15 is 0 Å². The van der Waals surface area contributed by atoms with Gasteiger partial charge in [0.25, 0.3) is 5.91 Å². The number of benzene rings is 2. The van der Waals surface area contributed by atoms with Gasteiger partial charge in [0.1, 0.15) is 6.17 Å². The SMILES string of the molecule is O=C(N[C@H](Nc1cc(C(F)(F)F)ccc1Cl)C(Cl)(Cl)Cl)c1ccc(Br)cc1. The third-order valence-electron chi connectivity index (χ3n) is 3.30. The average molecular weight is 525 g/mol. The van der Waals surface area contributed by atoms with Gasteiger partial charge in [0, 0.05) is 10.0 Å². The van der Waals surface area contributed by atoms with Crippen molar-refractivity contribution < 1.29 is 18.0 Å². The third-order valence-corrected chi connectivity index (χ3v) is 4.82. The monoisotopic (exact) mass is 522 g/mol. The maximum Gasteiger partial charge on any atom is 0.416 e. The van der Waals surface area contributed by atoms with E-state index in [1.54, 1.807) is 12.1 Å². The van der Waals surface area contributed by atoms with E-state index in [0.717, 1.165) is 22.7 Å². The molecule has 0 radical (unpaired) electrons. The number of anilines is 1. The Morgan fingerprint density at radius 3 is 2.15 bits per heavy atom. The molecule has 2 aromatic carbocycles. The zero-order valence-electron chi connectivity index (χ0n) is 13.1. The number of rotatable bonds is 4. The van der Waals surface area contributed by atoms with E-state index in [-0.39, 0.29) is 16.3 Å². The van der Waals surface area contributed by atoms with Gasteiger partial charge in [-0.1, -0.05) is 62.3 Å². The Balaban J connectivity index is 2.28. The van der Waals surface area contributed by atoms with E-state index in [1.807, 2.05) is 0 Å². The molecule has 146 valence electrons. The average Bonchev–Trinajstić information content (AvgIpc) is 2.54. The normalized spacial score (nSPS) is 13.2. The van der Waals surface area contributed by atoms with Crippen molar-refractivity contribution in [3.8, 4) is 0 Å². The van der Waals surface area contributed by atoms with Gasteiger partial charge in [-0.3, -0.25) is 4.79 Å². The Bertz CT molecular complexity index is 826. The molecule has 2 aromatic rings. The van der Waals surface area contributed by atoms with Crippen LogP contribution in [-0.2, 0) is 6.18 Å². The lowest BCUT2D eigenvalue weighted by Gasteiger charge is -2.28. The Kier molecular flexibility index (Phi) is 7.19. The molecule has 0 bridgehead atoms. The topological polar surface area (TPSA) is 41.1 Å². The Morgan fingerprint density at radius 1 is 1.04 bits per heavy atom. The smallest absolute Gasteiger partial charge is 0.361 e.